The van der Waals surface area contributed by atoms with E-state index in [-0.39, 0.29) is 16.6 Å². The molecule has 0 fully saturated rings. The predicted octanol–water partition coefficient (Wildman–Crippen LogP) is 3.88. The maximum absolute atomic E-state index is 12.7. The second kappa shape index (κ2) is 5.78. The Bertz CT molecular complexity index is 363. The standard InChI is InChI=1S/C12H15F3OS/c1-8(2)17-7-11(16)9-5-3-4-6-10(9)12(13,14)15/h3-6,8,11,16H,7H2,1-2H3. The third-order valence-corrected chi connectivity index (χ3v) is 3.39. The van der Waals surface area contributed by atoms with Crippen molar-refractivity contribution in [3.05, 3.63) is 35.4 Å². The Morgan fingerprint density at radius 1 is 1.24 bits per heavy atom. The average molecular weight is 264 g/mol. The molecule has 0 aliphatic heterocycles. The molecule has 0 radical (unpaired) electrons. The van der Waals surface area contributed by atoms with Crippen LogP contribution in [0, 0.1) is 0 Å². The van der Waals surface area contributed by atoms with Crippen LogP contribution >= 0.6 is 11.8 Å². The number of hydrogen-bond acceptors (Lipinski definition) is 2. The molecule has 1 aromatic carbocycles. The molecular weight excluding hydrogens is 249 g/mol. The largest absolute Gasteiger partial charge is 0.416 e. The minimum absolute atomic E-state index is 0.0480. The normalized spacial score (nSPS) is 14.1. The van der Waals surface area contributed by atoms with Crippen LogP contribution in [0.5, 0.6) is 0 Å². The quantitative estimate of drug-likeness (QED) is 0.890. The first-order chi connectivity index (χ1) is 7.82. The molecule has 1 nitrogen and oxygen atoms in total. The van der Waals surface area contributed by atoms with Gasteiger partial charge >= 0.3 is 6.18 Å². The maximum atomic E-state index is 12.7. The van der Waals surface area contributed by atoms with Gasteiger partial charge in [-0.05, 0) is 16.9 Å². The average Bonchev–Trinajstić information content (AvgIpc) is 2.24. The van der Waals surface area contributed by atoms with Gasteiger partial charge in [0.25, 0.3) is 0 Å². The Hall–Kier alpha value is -0.680. The number of aliphatic hydroxyl groups is 1. The number of thioether (sulfide) groups is 1. The first-order valence-electron chi connectivity index (χ1n) is 5.28. The van der Waals surface area contributed by atoms with Gasteiger partial charge in [0.1, 0.15) is 0 Å². The van der Waals surface area contributed by atoms with E-state index >= 15 is 0 Å². The highest BCUT2D eigenvalue weighted by Crippen LogP contribution is 2.35. The zero-order valence-electron chi connectivity index (χ0n) is 9.66. The van der Waals surface area contributed by atoms with Gasteiger partial charge in [-0.1, -0.05) is 32.0 Å². The molecule has 0 spiro atoms. The highest BCUT2D eigenvalue weighted by atomic mass is 32.2. The molecule has 0 saturated heterocycles. The molecule has 0 heterocycles. The number of aliphatic hydroxyl groups excluding tert-OH is 1. The fourth-order valence-electron chi connectivity index (χ4n) is 1.42. The molecule has 0 amide bonds. The minimum atomic E-state index is -4.42. The first kappa shape index (κ1) is 14.4. The number of hydrogen-bond donors (Lipinski definition) is 1. The Kier molecular flexibility index (Phi) is 4.89. The molecule has 1 rings (SSSR count). The van der Waals surface area contributed by atoms with Crippen molar-refractivity contribution in [2.45, 2.75) is 31.4 Å². The Labute approximate surface area is 103 Å². The van der Waals surface area contributed by atoms with Crippen LogP contribution in [0.25, 0.3) is 0 Å². The van der Waals surface area contributed by atoms with E-state index in [2.05, 4.69) is 0 Å². The molecule has 1 N–H and O–H groups in total. The van der Waals surface area contributed by atoms with E-state index in [0.717, 1.165) is 6.07 Å². The van der Waals surface area contributed by atoms with E-state index in [1.807, 2.05) is 13.8 Å². The van der Waals surface area contributed by atoms with Crippen LogP contribution in [0.1, 0.15) is 31.1 Å². The second-order valence-corrected chi connectivity index (χ2v) is 5.59. The molecule has 0 aliphatic carbocycles. The van der Waals surface area contributed by atoms with E-state index in [0.29, 0.717) is 0 Å². The number of rotatable bonds is 4. The summed E-state index contributed by atoms with van der Waals surface area (Å²) in [6, 6.07) is 5.16. The lowest BCUT2D eigenvalue weighted by atomic mass is 10.0. The maximum Gasteiger partial charge on any atom is 0.416 e. The lowest BCUT2D eigenvalue weighted by molar-refractivity contribution is -0.139. The molecule has 0 aromatic heterocycles. The molecular formula is C12H15F3OS. The van der Waals surface area contributed by atoms with Gasteiger partial charge < -0.3 is 5.11 Å². The summed E-state index contributed by atoms with van der Waals surface area (Å²) < 4.78 is 38.1. The van der Waals surface area contributed by atoms with E-state index in [4.69, 9.17) is 0 Å². The van der Waals surface area contributed by atoms with Gasteiger partial charge in [0, 0.05) is 5.75 Å². The van der Waals surface area contributed by atoms with Crippen LogP contribution in [0.15, 0.2) is 24.3 Å². The van der Waals surface area contributed by atoms with Gasteiger partial charge in [-0.15, -0.1) is 0 Å². The summed E-state index contributed by atoms with van der Waals surface area (Å²) in [5.74, 6) is 0.269. The van der Waals surface area contributed by atoms with Gasteiger partial charge in [-0.2, -0.15) is 24.9 Å². The second-order valence-electron chi connectivity index (χ2n) is 3.98. The van der Waals surface area contributed by atoms with Crippen LogP contribution in [-0.2, 0) is 6.18 Å². The van der Waals surface area contributed by atoms with Crippen molar-refractivity contribution < 1.29 is 18.3 Å². The molecule has 0 aliphatic rings. The summed E-state index contributed by atoms with van der Waals surface area (Å²) in [6.45, 7) is 3.88. The summed E-state index contributed by atoms with van der Waals surface area (Å²) >= 11 is 1.44. The summed E-state index contributed by atoms with van der Waals surface area (Å²) in [5.41, 5.74) is -0.801. The lowest BCUT2D eigenvalue weighted by Crippen LogP contribution is -2.13. The lowest BCUT2D eigenvalue weighted by Gasteiger charge is -2.17. The van der Waals surface area contributed by atoms with Gasteiger partial charge in [0.2, 0.25) is 0 Å². The van der Waals surface area contributed by atoms with Gasteiger partial charge in [0.15, 0.2) is 0 Å². The molecule has 17 heavy (non-hydrogen) atoms. The molecule has 1 atom stereocenters. The fraction of sp³-hybridized carbons (Fsp3) is 0.500. The zero-order chi connectivity index (χ0) is 13.1. The van der Waals surface area contributed by atoms with Gasteiger partial charge in [-0.3, -0.25) is 0 Å². The third-order valence-electron chi connectivity index (χ3n) is 2.21. The molecule has 96 valence electrons. The van der Waals surface area contributed by atoms with Crippen molar-refractivity contribution in [2.24, 2.45) is 0 Å². The molecule has 0 saturated carbocycles. The first-order valence-corrected chi connectivity index (χ1v) is 6.33. The van der Waals surface area contributed by atoms with Crippen LogP contribution in [0.2, 0.25) is 0 Å². The molecule has 1 aromatic rings. The van der Waals surface area contributed by atoms with Crippen LogP contribution < -0.4 is 0 Å². The van der Waals surface area contributed by atoms with Gasteiger partial charge in [-0.25, -0.2) is 0 Å². The molecule has 0 bridgehead atoms. The zero-order valence-corrected chi connectivity index (χ0v) is 10.5. The van der Waals surface area contributed by atoms with E-state index < -0.39 is 17.8 Å². The Morgan fingerprint density at radius 3 is 2.35 bits per heavy atom. The van der Waals surface area contributed by atoms with Crippen molar-refractivity contribution in [3.63, 3.8) is 0 Å². The predicted molar refractivity (Wildman–Crippen MR) is 64.0 cm³/mol. The van der Waals surface area contributed by atoms with Crippen molar-refractivity contribution in [1.29, 1.82) is 0 Å². The minimum Gasteiger partial charge on any atom is -0.388 e. The summed E-state index contributed by atoms with van der Waals surface area (Å²) in [7, 11) is 0. The highest BCUT2D eigenvalue weighted by Gasteiger charge is 2.34. The Balaban J connectivity index is 2.89. The van der Waals surface area contributed by atoms with Crippen LogP contribution in [0.4, 0.5) is 13.2 Å². The molecule has 1 unspecified atom stereocenters. The van der Waals surface area contributed by atoms with Crippen LogP contribution in [-0.4, -0.2) is 16.1 Å². The fourth-order valence-corrected chi connectivity index (χ4v) is 2.17. The van der Waals surface area contributed by atoms with Crippen molar-refractivity contribution >= 4 is 11.8 Å². The van der Waals surface area contributed by atoms with Gasteiger partial charge in [0.05, 0.1) is 11.7 Å². The van der Waals surface area contributed by atoms with Crippen LogP contribution in [0.3, 0.4) is 0 Å². The third kappa shape index (κ3) is 4.24. The van der Waals surface area contributed by atoms with E-state index in [1.165, 1.54) is 30.0 Å². The van der Waals surface area contributed by atoms with E-state index in [1.54, 1.807) is 0 Å². The topological polar surface area (TPSA) is 20.2 Å². The monoisotopic (exact) mass is 264 g/mol. The molecule has 5 heteroatoms. The van der Waals surface area contributed by atoms with E-state index in [9.17, 15) is 18.3 Å². The number of halogens is 3. The van der Waals surface area contributed by atoms with Crippen molar-refractivity contribution in [1.82, 2.24) is 0 Å². The Morgan fingerprint density at radius 2 is 1.82 bits per heavy atom. The van der Waals surface area contributed by atoms with Crippen molar-refractivity contribution in [3.8, 4) is 0 Å². The number of alkyl halides is 3. The van der Waals surface area contributed by atoms with Crippen molar-refractivity contribution in [2.75, 3.05) is 5.75 Å². The summed E-state index contributed by atoms with van der Waals surface area (Å²) in [4.78, 5) is 0. The summed E-state index contributed by atoms with van der Waals surface area (Å²) in [5, 5.41) is 10.1. The summed E-state index contributed by atoms with van der Waals surface area (Å²) in [6.07, 6.45) is -5.50. The SMILES string of the molecule is CC(C)SCC(O)c1ccccc1C(F)(F)F. The number of benzene rings is 1. The smallest absolute Gasteiger partial charge is 0.388 e. The highest BCUT2D eigenvalue weighted by molar-refractivity contribution is 7.99.